The van der Waals surface area contributed by atoms with Crippen LogP contribution in [0.2, 0.25) is 0 Å². The third-order valence-corrected chi connectivity index (χ3v) is 4.03. The molecular weight excluding hydrogens is 306 g/mol. The van der Waals surface area contributed by atoms with E-state index in [-0.39, 0.29) is 23.3 Å². The highest BCUT2D eigenvalue weighted by atomic mass is 16.4. The summed E-state index contributed by atoms with van der Waals surface area (Å²) in [6.07, 6.45) is 6.97. The van der Waals surface area contributed by atoms with Crippen molar-refractivity contribution in [1.29, 1.82) is 0 Å². The number of nitrogens with one attached hydrogen (secondary N) is 1. The molecule has 0 aromatic carbocycles. The SMILES string of the molecule is CC(C)(C)c1cnc(C(=O)N[C@H]2CCCN(c3ncccn3)C2)o1. The first-order chi connectivity index (χ1) is 11.4. The van der Waals surface area contributed by atoms with Crippen LogP contribution < -0.4 is 10.2 Å². The van der Waals surface area contributed by atoms with Gasteiger partial charge >= 0.3 is 5.91 Å². The molecule has 7 heteroatoms. The summed E-state index contributed by atoms with van der Waals surface area (Å²) in [5, 5.41) is 3.01. The van der Waals surface area contributed by atoms with Crippen LogP contribution >= 0.6 is 0 Å². The number of aromatic nitrogens is 3. The number of carbonyl (C=O) groups is 1. The molecule has 1 amide bonds. The summed E-state index contributed by atoms with van der Waals surface area (Å²) in [7, 11) is 0. The fourth-order valence-corrected chi connectivity index (χ4v) is 2.70. The molecule has 128 valence electrons. The fraction of sp³-hybridized carbons (Fsp3) is 0.529. The molecule has 7 nitrogen and oxygen atoms in total. The predicted molar refractivity (Wildman–Crippen MR) is 89.9 cm³/mol. The van der Waals surface area contributed by atoms with Crippen LogP contribution in [0.15, 0.2) is 29.1 Å². The Hall–Kier alpha value is -2.44. The van der Waals surface area contributed by atoms with Gasteiger partial charge in [0.05, 0.1) is 6.20 Å². The van der Waals surface area contributed by atoms with Gasteiger partial charge < -0.3 is 14.6 Å². The van der Waals surface area contributed by atoms with Crippen LogP contribution in [0.25, 0.3) is 0 Å². The number of anilines is 1. The van der Waals surface area contributed by atoms with E-state index >= 15 is 0 Å². The average Bonchev–Trinajstić information content (AvgIpc) is 3.06. The number of hydrogen-bond donors (Lipinski definition) is 1. The summed E-state index contributed by atoms with van der Waals surface area (Å²) >= 11 is 0. The van der Waals surface area contributed by atoms with E-state index < -0.39 is 0 Å². The molecular formula is C17H23N5O2. The number of amides is 1. The topological polar surface area (TPSA) is 84.2 Å². The molecule has 0 spiro atoms. The highest BCUT2D eigenvalue weighted by Gasteiger charge is 2.26. The number of nitrogens with zero attached hydrogens (tertiary/aromatic N) is 4. The van der Waals surface area contributed by atoms with E-state index in [1.165, 1.54) is 0 Å². The summed E-state index contributed by atoms with van der Waals surface area (Å²) in [6, 6.07) is 1.82. The molecule has 24 heavy (non-hydrogen) atoms. The van der Waals surface area contributed by atoms with Crippen molar-refractivity contribution in [3.8, 4) is 0 Å². The molecule has 1 atom stereocenters. The summed E-state index contributed by atoms with van der Waals surface area (Å²) < 4.78 is 5.60. The molecule has 3 rings (SSSR count). The number of carbonyl (C=O) groups excluding carboxylic acids is 1. The van der Waals surface area contributed by atoms with E-state index in [2.05, 4.69) is 25.2 Å². The van der Waals surface area contributed by atoms with E-state index in [1.807, 2.05) is 20.8 Å². The molecule has 0 bridgehead atoms. The maximum Gasteiger partial charge on any atom is 0.307 e. The predicted octanol–water partition coefficient (Wildman–Crippen LogP) is 2.16. The van der Waals surface area contributed by atoms with Crippen molar-refractivity contribution >= 4 is 11.9 Å². The van der Waals surface area contributed by atoms with Crippen molar-refractivity contribution < 1.29 is 9.21 Å². The Labute approximate surface area is 141 Å². The number of oxazole rings is 1. The first kappa shape index (κ1) is 16.4. The summed E-state index contributed by atoms with van der Waals surface area (Å²) in [6.45, 7) is 7.64. The maximum absolute atomic E-state index is 12.4. The largest absolute Gasteiger partial charge is 0.437 e. The molecule has 1 saturated heterocycles. The van der Waals surface area contributed by atoms with E-state index in [4.69, 9.17) is 4.42 Å². The van der Waals surface area contributed by atoms with E-state index in [0.29, 0.717) is 18.3 Å². The second kappa shape index (κ2) is 6.59. The minimum Gasteiger partial charge on any atom is -0.437 e. The van der Waals surface area contributed by atoms with Crippen LogP contribution in [0.4, 0.5) is 5.95 Å². The molecule has 0 radical (unpaired) electrons. The molecule has 0 unspecified atom stereocenters. The Morgan fingerprint density at radius 3 is 2.71 bits per heavy atom. The second-order valence-electron chi connectivity index (χ2n) is 7.09. The van der Waals surface area contributed by atoms with Crippen LogP contribution in [-0.4, -0.2) is 40.0 Å². The highest BCUT2D eigenvalue weighted by molar-refractivity contribution is 5.89. The monoisotopic (exact) mass is 329 g/mol. The van der Waals surface area contributed by atoms with Gasteiger partial charge in [0.2, 0.25) is 5.95 Å². The molecule has 1 N–H and O–H groups in total. The van der Waals surface area contributed by atoms with Crippen LogP contribution in [0.3, 0.4) is 0 Å². The first-order valence-corrected chi connectivity index (χ1v) is 8.22. The molecule has 3 heterocycles. The Morgan fingerprint density at radius 1 is 1.29 bits per heavy atom. The molecule has 1 aliphatic heterocycles. The first-order valence-electron chi connectivity index (χ1n) is 8.22. The van der Waals surface area contributed by atoms with Gasteiger partial charge in [-0.05, 0) is 18.9 Å². The minimum absolute atomic E-state index is 0.0278. The maximum atomic E-state index is 12.4. The normalized spacial score (nSPS) is 18.5. The number of hydrogen-bond acceptors (Lipinski definition) is 6. The Morgan fingerprint density at radius 2 is 2.04 bits per heavy atom. The van der Waals surface area contributed by atoms with Crippen molar-refractivity contribution in [2.24, 2.45) is 0 Å². The van der Waals surface area contributed by atoms with Gasteiger partial charge in [0.25, 0.3) is 5.89 Å². The van der Waals surface area contributed by atoms with Crippen LogP contribution in [-0.2, 0) is 5.41 Å². The van der Waals surface area contributed by atoms with Crippen LogP contribution in [0, 0.1) is 0 Å². The Bertz CT molecular complexity index is 693. The van der Waals surface area contributed by atoms with Crippen molar-refractivity contribution in [2.75, 3.05) is 18.0 Å². The van der Waals surface area contributed by atoms with Crippen molar-refractivity contribution in [3.05, 3.63) is 36.3 Å². The summed E-state index contributed by atoms with van der Waals surface area (Å²) in [4.78, 5) is 27.1. The van der Waals surface area contributed by atoms with Gasteiger partial charge in [0.15, 0.2) is 0 Å². The standard InChI is InChI=1S/C17H23N5O2/c1-17(2,3)13-10-20-15(24-13)14(23)21-12-6-4-9-22(11-12)16-18-7-5-8-19-16/h5,7-8,10,12H,4,6,9,11H2,1-3H3,(H,21,23)/t12-/m0/s1. The van der Waals surface area contributed by atoms with E-state index in [9.17, 15) is 4.79 Å². The summed E-state index contributed by atoms with van der Waals surface area (Å²) in [5.74, 6) is 1.25. The highest BCUT2D eigenvalue weighted by Crippen LogP contribution is 2.23. The lowest BCUT2D eigenvalue weighted by Crippen LogP contribution is -2.48. The summed E-state index contributed by atoms with van der Waals surface area (Å²) in [5.41, 5.74) is -0.169. The third-order valence-electron chi connectivity index (χ3n) is 4.03. The minimum atomic E-state index is -0.272. The van der Waals surface area contributed by atoms with Gasteiger partial charge in [-0.15, -0.1) is 0 Å². The van der Waals surface area contributed by atoms with Crippen LogP contribution in [0.1, 0.15) is 50.1 Å². The smallest absolute Gasteiger partial charge is 0.307 e. The van der Waals surface area contributed by atoms with E-state index in [1.54, 1.807) is 24.7 Å². The van der Waals surface area contributed by atoms with E-state index in [0.717, 1.165) is 19.4 Å². The molecule has 2 aromatic rings. The molecule has 1 aliphatic rings. The molecule has 1 fully saturated rings. The lowest BCUT2D eigenvalue weighted by Gasteiger charge is -2.32. The van der Waals surface area contributed by atoms with Gasteiger partial charge in [0.1, 0.15) is 5.76 Å². The lowest BCUT2D eigenvalue weighted by molar-refractivity contribution is 0.0894. The average molecular weight is 329 g/mol. The van der Waals surface area contributed by atoms with Crippen molar-refractivity contribution in [1.82, 2.24) is 20.3 Å². The molecule has 2 aromatic heterocycles. The van der Waals surface area contributed by atoms with Crippen LogP contribution in [0.5, 0.6) is 0 Å². The molecule has 0 saturated carbocycles. The van der Waals surface area contributed by atoms with Gasteiger partial charge in [-0.1, -0.05) is 20.8 Å². The van der Waals surface area contributed by atoms with Crippen molar-refractivity contribution in [3.63, 3.8) is 0 Å². The van der Waals surface area contributed by atoms with Gasteiger partial charge in [-0.25, -0.2) is 15.0 Å². The van der Waals surface area contributed by atoms with Gasteiger partial charge in [0, 0.05) is 36.9 Å². The van der Waals surface area contributed by atoms with Crippen molar-refractivity contribution in [2.45, 2.75) is 45.1 Å². The molecule has 0 aliphatic carbocycles. The fourth-order valence-electron chi connectivity index (χ4n) is 2.70. The zero-order valence-corrected chi connectivity index (χ0v) is 14.3. The quantitative estimate of drug-likeness (QED) is 0.929. The lowest BCUT2D eigenvalue weighted by atomic mass is 9.94. The Kier molecular flexibility index (Phi) is 4.51. The number of rotatable bonds is 3. The zero-order chi connectivity index (χ0) is 17.2. The van der Waals surface area contributed by atoms with Gasteiger partial charge in [-0.2, -0.15) is 0 Å². The number of piperidine rings is 1. The second-order valence-corrected chi connectivity index (χ2v) is 7.09. The van der Waals surface area contributed by atoms with Gasteiger partial charge in [-0.3, -0.25) is 4.79 Å². The zero-order valence-electron chi connectivity index (χ0n) is 14.3. The third kappa shape index (κ3) is 3.72. The Balaban J connectivity index is 1.63.